The van der Waals surface area contributed by atoms with E-state index in [0.717, 1.165) is 41.0 Å². The number of benzene rings is 2. The molecular formula is C26H27N3O2. The number of fused-ring (bicyclic) bond motifs is 1. The van der Waals surface area contributed by atoms with Crippen LogP contribution in [-0.2, 0) is 5.60 Å². The zero-order valence-corrected chi connectivity index (χ0v) is 18.1. The summed E-state index contributed by atoms with van der Waals surface area (Å²) in [6.45, 7) is 5.70. The van der Waals surface area contributed by atoms with Gasteiger partial charge in [-0.1, -0.05) is 30.3 Å². The normalized spacial score (nSPS) is 15.4. The molecule has 1 fully saturated rings. The first kappa shape index (κ1) is 19.8. The Morgan fingerprint density at radius 2 is 1.74 bits per heavy atom. The molecule has 5 nitrogen and oxygen atoms in total. The van der Waals surface area contributed by atoms with Crippen LogP contribution in [0.25, 0.3) is 27.7 Å². The molecule has 0 amide bonds. The third-order valence-electron chi connectivity index (χ3n) is 6.32. The highest BCUT2D eigenvalue weighted by Crippen LogP contribution is 2.32. The van der Waals surface area contributed by atoms with Gasteiger partial charge in [0.05, 0.1) is 11.3 Å². The van der Waals surface area contributed by atoms with Crippen molar-refractivity contribution in [3.05, 3.63) is 88.5 Å². The lowest BCUT2D eigenvalue weighted by Crippen LogP contribution is -2.41. The van der Waals surface area contributed by atoms with E-state index in [1.54, 1.807) is 24.5 Å². The van der Waals surface area contributed by atoms with E-state index >= 15 is 0 Å². The highest BCUT2D eigenvalue weighted by molar-refractivity contribution is 5.85. The van der Waals surface area contributed by atoms with Crippen LogP contribution in [0.2, 0.25) is 0 Å². The fourth-order valence-corrected chi connectivity index (χ4v) is 4.46. The average molecular weight is 414 g/mol. The van der Waals surface area contributed by atoms with Gasteiger partial charge in [-0.05, 0) is 61.3 Å². The third kappa shape index (κ3) is 3.60. The number of hydrogen-bond acceptors (Lipinski definition) is 3. The standard InChI is InChI=1S/C26H27N3O2/c1-26(2,31)20-6-4-17(5-7-20)18-10-11-29(25(30)12-18)21-8-9-22-23(14-27-24(22)13-21)19-15-28(3)16-19/h4-14,19,27,31H,15-16H2,1-3H3. The molecule has 2 aromatic heterocycles. The number of nitrogens with one attached hydrogen (secondary N) is 1. The lowest BCUT2D eigenvalue weighted by molar-refractivity contribution is 0.0786. The first-order chi connectivity index (χ1) is 14.8. The van der Waals surface area contributed by atoms with Gasteiger partial charge in [0.1, 0.15) is 0 Å². The summed E-state index contributed by atoms with van der Waals surface area (Å²) < 4.78 is 1.67. The van der Waals surface area contributed by atoms with Crippen LogP contribution in [0.1, 0.15) is 30.9 Å². The minimum Gasteiger partial charge on any atom is -0.386 e. The lowest BCUT2D eigenvalue weighted by atomic mass is 9.92. The van der Waals surface area contributed by atoms with E-state index in [4.69, 9.17) is 0 Å². The maximum atomic E-state index is 12.9. The van der Waals surface area contributed by atoms with Gasteiger partial charge in [0.15, 0.2) is 0 Å². The Morgan fingerprint density at radius 1 is 1.00 bits per heavy atom. The minimum absolute atomic E-state index is 0.0733. The Labute approximate surface area is 181 Å². The second kappa shape index (κ2) is 7.22. The van der Waals surface area contributed by atoms with Crippen molar-refractivity contribution in [3.63, 3.8) is 0 Å². The first-order valence-electron chi connectivity index (χ1n) is 10.7. The average Bonchev–Trinajstić information content (AvgIpc) is 3.13. The second-order valence-corrected chi connectivity index (χ2v) is 9.15. The van der Waals surface area contributed by atoms with Crippen molar-refractivity contribution in [2.75, 3.05) is 20.1 Å². The van der Waals surface area contributed by atoms with E-state index in [0.29, 0.717) is 5.92 Å². The molecule has 4 aromatic rings. The molecule has 1 aliphatic heterocycles. The minimum atomic E-state index is -0.882. The molecule has 1 saturated heterocycles. The number of H-pyrrole nitrogens is 1. The molecule has 2 aromatic carbocycles. The molecule has 0 saturated carbocycles. The molecule has 5 heteroatoms. The maximum absolute atomic E-state index is 12.9. The van der Waals surface area contributed by atoms with E-state index < -0.39 is 5.60 Å². The van der Waals surface area contributed by atoms with Gasteiger partial charge < -0.3 is 15.0 Å². The molecule has 3 heterocycles. The van der Waals surface area contributed by atoms with Gasteiger partial charge in [0.2, 0.25) is 0 Å². The molecule has 0 bridgehead atoms. The fraction of sp³-hybridized carbons (Fsp3) is 0.269. The number of rotatable bonds is 4. The van der Waals surface area contributed by atoms with Crippen molar-refractivity contribution in [1.29, 1.82) is 0 Å². The summed E-state index contributed by atoms with van der Waals surface area (Å²) in [5, 5.41) is 11.4. The molecule has 0 atom stereocenters. The molecule has 31 heavy (non-hydrogen) atoms. The maximum Gasteiger partial charge on any atom is 0.255 e. The Hall–Kier alpha value is -3.15. The third-order valence-corrected chi connectivity index (χ3v) is 6.32. The van der Waals surface area contributed by atoms with E-state index in [9.17, 15) is 9.90 Å². The van der Waals surface area contributed by atoms with Crippen molar-refractivity contribution in [2.45, 2.75) is 25.4 Å². The summed E-state index contributed by atoms with van der Waals surface area (Å²) in [4.78, 5) is 18.6. The molecule has 0 radical (unpaired) electrons. The van der Waals surface area contributed by atoms with Crippen LogP contribution in [0.15, 0.2) is 71.8 Å². The monoisotopic (exact) mass is 413 g/mol. The quantitative estimate of drug-likeness (QED) is 0.526. The summed E-state index contributed by atoms with van der Waals surface area (Å²) in [6.07, 6.45) is 3.93. The largest absolute Gasteiger partial charge is 0.386 e. The van der Waals surface area contributed by atoms with Crippen LogP contribution < -0.4 is 5.56 Å². The first-order valence-corrected chi connectivity index (χ1v) is 10.7. The predicted octanol–water partition coefficient (Wildman–Crippen LogP) is 4.24. The number of hydrogen-bond donors (Lipinski definition) is 2. The van der Waals surface area contributed by atoms with E-state index in [2.05, 4.69) is 29.2 Å². The van der Waals surface area contributed by atoms with Crippen molar-refractivity contribution < 1.29 is 5.11 Å². The van der Waals surface area contributed by atoms with Crippen LogP contribution in [-0.4, -0.2) is 39.7 Å². The van der Waals surface area contributed by atoms with Crippen molar-refractivity contribution >= 4 is 10.9 Å². The van der Waals surface area contributed by atoms with Crippen molar-refractivity contribution in [3.8, 4) is 16.8 Å². The highest BCUT2D eigenvalue weighted by atomic mass is 16.3. The summed E-state index contributed by atoms with van der Waals surface area (Å²) in [6, 6.07) is 17.5. The number of aliphatic hydroxyl groups is 1. The Kier molecular flexibility index (Phi) is 4.61. The number of aromatic amines is 1. The molecule has 5 rings (SSSR count). The topological polar surface area (TPSA) is 61.3 Å². The fourth-order valence-electron chi connectivity index (χ4n) is 4.46. The van der Waals surface area contributed by atoms with Gasteiger partial charge in [0.25, 0.3) is 5.56 Å². The van der Waals surface area contributed by atoms with E-state index in [1.165, 1.54) is 10.9 Å². The summed E-state index contributed by atoms with van der Waals surface area (Å²) in [7, 11) is 2.14. The van der Waals surface area contributed by atoms with Gasteiger partial charge in [-0.25, -0.2) is 0 Å². The van der Waals surface area contributed by atoms with Crippen LogP contribution in [0.5, 0.6) is 0 Å². The number of aromatic nitrogens is 2. The molecule has 158 valence electrons. The lowest BCUT2D eigenvalue weighted by Gasteiger charge is -2.36. The van der Waals surface area contributed by atoms with Crippen molar-refractivity contribution in [2.24, 2.45) is 0 Å². The second-order valence-electron chi connectivity index (χ2n) is 9.15. The number of likely N-dealkylation sites (tertiary alicyclic amines) is 1. The summed E-state index contributed by atoms with van der Waals surface area (Å²) >= 11 is 0. The SMILES string of the molecule is CN1CC(c2c[nH]c3cc(-n4ccc(-c5ccc(C(C)(C)O)cc5)cc4=O)ccc23)C1. The van der Waals surface area contributed by atoms with E-state index in [1.807, 2.05) is 48.7 Å². The number of pyridine rings is 1. The van der Waals surface area contributed by atoms with Crippen LogP contribution >= 0.6 is 0 Å². The smallest absolute Gasteiger partial charge is 0.255 e. The Balaban J connectivity index is 1.45. The number of likely N-dealkylation sites (N-methyl/N-ethyl adjacent to an activating group) is 1. The zero-order chi connectivity index (χ0) is 21.8. The van der Waals surface area contributed by atoms with Gasteiger partial charge in [0, 0.05) is 48.4 Å². The molecular weight excluding hydrogens is 386 g/mol. The number of nitrogens with zero attached hydrogens (tertiary/aromatic N) is 2. The van der Waals surface area contributed by atoms with E-state index in [-0.39, 0.29) is 5.56 Å². The zero-order valence-electron chi connectivity index (χ0n) is 18.1. The Morgan fingerprint density at radius 3 is 2.39 bits per heavy atom. The van der Waals surface area contributed by atoms with Crippen molar-refractivity contribution in [1.82, 2.24) is 14.5 Å². The summed E-state index contributed by atoms with van der Waals surface area (Å²) in [5.41, 5.74) is 4.96. The molecule has 2 N–H and O–H groups in total. The van der Waals surface area contributed by atoms with Gasteiger partial charge in [-0.2, -0.15) is 0 Å². The summed E-state index contributed by atoms with van der Waals surface area (Å²) in [5.74, 6) is 0.578. The molecule has 0 unspecified atom stereocenters. The van der Waals surface area contributed by atoms with Crippen LogP contribution in [0.4, 0.5) is 0 Å². The molecule has 1 aliphatic rings. The molecule has 0 aliphatic carbocycles. The molecule has 0 spiro atoms. The Bertz CT molecular complexity index is 1300. The van der Waals surface area contributed by atoms with Gasteiger partial charge in [-0.3, -0.25) is 9.36 Å². The van der Waals surface area contributed by atoms with Crippen LogP contribution in [0, 0.1) is 0 Å². The predicted molar refractivity (Wildman–Crippen MR) is 125 cm³/mol. The van der Waals surface area contributed by atoms with Crippen LogP contribution in [0.3, 0.4) is 0 Å². The highest BCUT2D eigenvalue weighted by Gasteiger charge is 2.26. The van der Waals surface area contributed by atoms with Gasteiger partial charge in [-0.15, -0.1) is 0 Å². The van der Waals surface area contributed by atoms with Gasteiger partial charge >= 0.3 is 0 Å².